The van der Waals surface area contributed by atoms with Crippen LogP contribution >= 0.6 is 0 Å². The minimum atomic E-state index is 0. The molecule has 0 aliphatic carbocycles. The molecule has 0 N–H and O–H groups in total. The second-order valence-corrected chi connectivity index (χ2v) is 26.3. The number of unbranched alkanes of at least 4 members (excludes halogenated alkanes) is 69. The predicted octanol–water partition coefficient (Wildman–Crippen LogP) is 31.8. The standard InChI is InChI=1S/3C26H53.C3H7.Ti/c3*1-3-5-7-9-11-13-15-17-19-21-23-25-26-24-22-20-18-16-14-12-10-8-6-4-2;1-3-2;/h3*25H,3-24,26H2,1-2H3;3H,1-2H3;/q4*-1;+4. The van der Waals surface area contributed by atoms with Gasteiger partial charge >= 0.3 is 21.7 Å². The Hall–Kier alpha value is 0.714. The molecule has 0 amide bonds. The Labute approximate surface area is 542 Å². The van der Waals surface area contributed by atoms with Gasteiger partial charge in [-0.15, -0.1) is 0 Å². The molecule has 0 aliphatic rings. The molecular formula is C81H166Ti. The molecule has 0 unspecified atom stereocenters. The predicted molar refractivity (Wildman–Crippen MR) is 381 cm³/mol. The summed E-state index contributed by atoms with van der Waals surface area (Å²) in [5.41, 5.74) is 0. The molecular weight excluding hydrogens is 1020 g/mol. The van der Waals surface area contributed by atoms with Gasteiger partial charge in [-0.2, -0.15) is 52.4 Å². The maximum atomic E-state index is 2.57. The van der Waals surface area contributed by atoms with Gasteiger partial charge in [0.25, 0.3) is 0 Å². The molecule has 0 atom stereocenters. The molecule has 0 bridgehead atoms. The van der Waals surface area contributed by atoms with E-state index in [4.69, 9.17) is 0 Å². The van der Waals surface area contributed by atoms with Crippen LogP contribution in [0.3, 0.4) is 0 Å². The molecule has 0 fully saturated rings. The molecule has 0 saturated carbocycles. The second kappa shape index (κ2) is 98.0. The summed E-state index contributed by atoms with van der Waals surface area (Å²) in [6.07, 6.45) is 110. The largest absolute Gasteiger partial charge is 4.00 e. The summed E-state index contributed by atoms with van der Waals surface area (Å²) in [5, 5.41) is 0. The van der Waals surface area contributed by atoms with Crippen molar-refractivity contribution >= 4 is 0 Å². The van der Waals surface area contributed by atoms with E-state index >= 15 is 0 Å². The van der Waals surface area contributed by atoms with Crippen molar-refractivity contribution in [3.63, 3.8) is 0 Å². The summed E-state index contributed by atoms with van der Waals surface area (Å²) in [5.74, 6) is 0. The quantitative estimate of drug-likeness (QED) is 0.0323. The van der Waals surface area contributed by atoms with Gasteiger partial charge in [0.2, 0.25) is 0 Å². The fraction of sp³-hybridized carbons (Fsp3) is 0.951. The van der Waals surface area contributed by atoms with E-state index in [0.717, 1.165) is 0 Å². The van der Waals surface area contributed by atoms with Gasteiger partial charge in [-0.3, -0.25) is 0 Å². The zero-order valence-electron chi connectivity index (χ0n) is 59.6. The van der Waals surface area contributed by atoms with Crippen LogP contribution in [0.5, 0.6) is 0 Å². The van der Waals surface area contributed by atoms with E-state index < -0.39 is 0 Å². The molecule has 0 radical (unpaired) electrons. The first-order valence-electron chi connectivity index (χ1n) is 39.3. The molecule has 0 nitrogen and oxygen atoms in total. The monoisotopic (exact) mass is 1190 g/mol. The van der Waals surface area contributed by atoms with E-state index in [9.17, 15) is 0 Å². The van der Waals surface area contributed by atoms with Crippen molar-refractivity contribution in [2.45, 2.75) is 498 Å². The Morgan fingerprint density at radius 3 is 0.293 bits per heavy atom. The van der Waals surface area contributed by atoms with Gasteiger partial charge in [-0.1, -0.05) is 446 Å². The smallest absolute Gasteiger partial charge is 0.335 e. The normalized spacial score (nSPS) is 11.0. The van der Waals surface area contributed by atoms with Gasteiger partial charge in [-0.25, -0.2) is 0 Å². The Bertz CT molecular complexity index is 725. The van der Waals surface area contributed by atoms with Crippen LogP contribution in [0.2, 0.25) is 0 Å². The van der Waals surface area contributed by atoms with Crippen LogP contribution in [0.15, 0.2) is 0 Å². The third kappa shape index (κ3) is 106. The first-order valence-corrected chi connectivity index (χ1v) is 39.3. The van der Waals surface area contributed by atoms with E-state index in [1.807, 2.05) is 20.3 Å². The number of hydrogen-bond acceptors (Lipinski definition) is 0. The molecule has 0 aromatic carbocycles. The topological polar surface area (TPSA) is 0 Å². The minimum Gasteiger partial charge on any atom is -0.335 e. The maximum Gasteiger partial charge on any atom is 4.00 e. The third-order valence-corrected chi connectivity index (χ3v) is 17.3. The van der Waals surface area contributed by atoms with Gasteiger partial charge in [0.05, 0.1) is 0 Å². The van der Waals surface area contributed by atoms with E-state index in [1.54, 1.807) is 0 Å². The van der Waals surface area contributed by atoms with Gasteiger partial charge in [0, 0.05) is 0 Å². The van der Waals surface area contributed by atoms with E-state index in [0.29, 0.717) is 0 Å². The number of hydrogen-bond donors (Lipinski definition) is 0. The fourth-order valence-electron chi connectivity index (χ4n) is 11.6. The Morgan fingerprint density at radius 1 is 0.134 bits per heavy atom. The molecule has 1 heteroatoms. The van der Waals surface area contributed by atoms with Gasteiger partial charge in [-0.05, 0) is 0 Å². The second-order valence-electron chi connectivity index (χ2n) is 26.3. The average molecular weight is 1190 g/mol. The van der Waals surface area contributed by atoms with E-state index in [1.165, 1.54) is 443 Å². The van der Waals surface area contributed by atoms with Crippen LogP contribution < -0.4 is 0 Å². The molecule has 0 heterocycles. The minimum absolute atomic E-state index is 0. The molecule has 0 spiro atoms. The van der Waals surface area contributed by atoms with Crippen molar-refractivity contribution in [3.05, 3.63) is 25.7 Å². The van der Waals surface area contributed by atoms with Gasteiger partial charge in [0.1, 0.15) is 0 Å². The molecule has 494 valence electrons. The van der Waals surface area contributed by atoms with Crippen molar-refractivity contribution < 1.29 is 21.7 Å². The third-order valence-electron chi connectivity index (χ3n) is 17.3. The van der Waals surface area contributed by atoms with Crippen molar-refractivity contribution in [3.8, 4) is 0 Å². The van der Waals surface area contributed by atoms with Crippen LogP contribution in [-0.4, -0.2) is 0 Å². The molecule has 0 saturated heterocycles. The summed E-state index contributed by atoms with van der Waals surface area (Å²) >= 11 is 0. The van der Waals surface area contributed by atoms with Gasteiger partial charge < -0.3 is 25.7 Å². The van der Waals surface area contributed by atoms with E-state index in [-0.39, 0.29) is 21.7 Å². The summed E-state index contributed by atoms with van der Waals surface area (Å²) in [6.45, 7) is 17.8. The Morgan fingerprint density at radius 2 is 0.207 bits per heavy atom. The average Bonchev–Trinajstić information content (AvgIpc) is 3.47. The Balaban J connectivity index is -0.000000350. The van der Waals surface area contributed by atoms with Crippen molar-refractivity contribution in [1.82, 2.24) is 0 Å². The summed E-state index contributed by atoms with van der Waals surface area (Å²) < 4.78 is 0. The van der Waals surface area contributed by atoms with Crippen molar-refractivity contribution in [1.29, 1.82) is 0 Å². The van der Waals surface area contributed by atoms with Gasteiger partial charge in [0.15, 0.2) is 0 Å². The first-order chi connectivity index (χ1) is 40.2. The molecule has 0 rings (SSSR count). The first kappa shape index (κ1) is 91.4. The van der Waals surface area contributed by atoms with Crippen molar-refractivity contribution in [2.75, 3.05) is 0 Å². The molecule has 0 aromatic rings. The summed E-state index contributed by atoms with van der Waals surface area (Å²) in [7, 11) is 0. The fourth-order valence-corrected chi connectivity index (χ4v) is 11.6. The van der Waals surface area contributed by atoms with Crippen molar-refractivity contribution in [2.24, 2.45) is 0 Å². The summed E-state index contributed by atoms with van der Waals surface area (Å²) in [6, 6.07) is 0. The number of rotatable bonds is 69. The zero-order chi connectivity index (χ0) is 59.6. The zero-order valence-corrected chi connectivity index (χ0v) is 61.2. The van der Waals surface area contributed by atoms with Crippen LogP contribution in [-0.2, 0) is 21.7 Å². The summed E-state index contributed by atoms with van der Waals surface area (Å²) in [4.78, 5) is 0. The van der Waals surface area contributed by atoms with Crippen LogP contribution in [0.1, 0.15) is 498 Å². The molecule has 0 aliphatic heterocycles. The van der Waals surface area contributed by atoms with Crippen LogP contribution in [0.25, 0.3) is 0 Å². The Kier molecular flexibility index (Phi) is 109. The van der Waals surface area contributed by atoms with Crippen LogP contribution in [0, 0.1) is 25.7 Å². The SMILES string of the molecule is CCCCCCCCCCCC[CH-]CCCCCCCCCCCCC.CCCCCCCCCCCC[CH-]CCCCCCCCCCCCC.CCCCCCCCCCCC[CH-]CCCCCCCCCCCCC.C[CH-]C.[Ti+4]. The molecule has 82 heavy (non-hydrogen) atoms. The van der Waals surface area contributed by atoms with Crippen LogP contribution in [0.4, 0.5) is 0 Å². The molecule has 0 aromatic heterocycles. The maximum absolute atomic E-state index is 2.57. The van der Waals surface area contributed by atoms with E-state index in [2.05, 4.69) is 60.8 Å².